The number of oxazole rings is 1. The van der Waals surface area contributed by atoms with Crippen LogP contribution in [-0.4, -0.2) is 48.6 Å². The fourth-order valence-corrected chi connectivity index (χ4v) is 4.00. The Kier molecular flexibility index (Phi) is 7.61. The van der Waals surface area contributed by atoms with E-state index in [1.54, 1.807) is 12.5 Å². The van der Waals surface area contributed by atoms with Crippen LogP contribution in [0.15, 0.2) is 62.8 Å². The van der Waals surface area contributed by atoms with Crippen molar-refractivity contribution in [3.63, 3.8) is 0 Å². The van der Waals surface area contributed by atoms with E-state index in [2.05, 4.69) is 52.6 Å². The molecular weight excluding hydrogens is 402 g/mol. The molecule has 0 amide bonds. The van der Waals surface area contributed by atoms with Gasteiger partial charge in [0.15, 0.2) is 5.96 Å². The lowest BCUT2D eigenvalue weighted by Gasteiger charge is -2.24. The Balaban J connectivity index is 1.34. The monoisotopic (exact) mass is 435 g/mol. The Morgan fingerprint density at radius 2 is 1.94 bits per heavy atom. The number of aromatic nitrogens is 1. The van der Waals surface area contributed by atoms with E-state index in [-0.39, 0.29) is 6.04 Å². The number of hydrogen-bond acceptors (Lipinski definition) is 5. The van der Waals surface area contributed by atoms with Crippen molar-refractivity contribution >= 4 is 5.96 Å². The maximum atomic E-state index is 5.71. The molecule has 1 unspecified atom stereocenters. The Morgan fingerprint density at radius 3 is 2.66 bits per heavy atom. The predicted octanol–water partition coefficient (Wildman–Crippen LogP) is 4.18. The number of nitrogens with one attached hydrogen (secondary N) is 2. The Labute approximate surface area is 189 Å². The van der Waals surface area contributed by atoms with Crippen LogP contribution >= 0.6 is 0 Å². The maximum Gasteiger partial charge on any atom is 0.226 e. The molecule has 0 bridgehead atoms. The molecule has 3 aromatic rings. The van der Waals surface area contributed by atoms with Crippen LogP contribution in [0.2, 0.25) is 0 Å². The summed E-state index contributed by atoms with van der Waals surface area (Å²) in [4.78, 5) is 11.9. The minimum absolute atomic E-state index is 0.176. The number of likely N-dealkylation sites (tertiary alicyclic amines) is 1. The normalized spacial score (nSPS) is 15.8. The van der Waals surface area contributed by atoms with Crippen molar-refractivity contribution in [2.24, 2.45) is 4.99 Å². The second-order valence-electron chi connectivity index (χ2n) is 8.18. The lowest BCUT2D eigenvalue weighted by Crippen LogP contribution is -2.39. The molecule has 2 aromatic heterocycles. The van der Waals surface area contributed by atoms with Gasteiger partial charge in [-0.2, -0.15) is 0 Å². The molecule has 0 spiro atoms. The Hall–Kier alpha value is -3.06. The summed E-state index contributed by atoms with van der Waals surface area (Å²) in [5.74, 6) is 2.45. The number of guanidine groups is 1. The van der Waals surface area contributed by atoms with Crippen molar-refractivity contribution in [2.75, 3.05) is 32.7 Å². The molecule has 0 radical (unpaired) electrons. The molecule has 1 atom stereocenters. The number of benzene rings is 1. The van der Waals surface area contributed by atoms with Gasteiger partial charge in [-0.25, -0.2) is 4.98 Å². The van der Waals surface area contributed by atoms with Crippen molar-refractivity contribution in [2.45, 2.75) is 39.2 Å². The van der Waals surface area contributed by atoms with Gasteiger partial charge in [-0.3, -0.25) is 9.89 Å². The zero-order valence-corrected chi connectivity index (χ0v) is 19.0. The summed E-state index contributed by atoms with van der Waals surface area (Å²) in [7, 11) is 0. The van der Waals surface area contributed by atoms with Gasteiger partial charge in [0.1, 0.15) is 12.0 Å². The molecule has 1 aliphatic rings. The minimum Gasteiger partial charge on any atom is -0.468 e. The highest BCUT2D eigenvalue weighted by molar-refractivity contribution is 5.79. The molecule has 170 valence electrons. The lowest BCUT2D eigenvalue weighted by atomic mass is 10.1. The first-order chi connectivity index (χ1) is 15.7. The third-order valence-electron chi connectivity index (χ3n) is 5.74. The van der Waals surface area contributed by atoms with Crippen molar-refractivity contribution in [3.8, 4) is 11.5 Å². The van der Waals surface area contributed by atoms with Gasteiger partial charge in [0, 0.05) is 25.1 Å². The van der Waals surface area contributed by atoms with E-state index >= 15 is 0 Å². The summed E-state index contributed by atoms with van der Waals surface area (Å²) < 4.78 is 11.4. The van der Waals surface area contributed by atoms with E-state index in [0.717, 1.165) is 55.6 Å². The molecule has 7 nitrogen and oxygen atoms in total. The van der Waals surface area contributed by atoms with Gasteiger partial charge >= 0.3 is 0 Å². The molecule has 7 heteroatoms. The van der Waals surface area contributed by atoms with Gasteiger partial charge in [0.2, 0.25) is 5.89 Å². The fraction of sp³-hybridized carbons (Fsp3) is 0.440. The molecule has 1 saturated heterocycles. The van der Waals surface area contributed by atoms with Gasteiger partial charge in [-0.15, -0.1) is 0 Å². The van der Waals surface area contributed by atoms with E-state index < -0.39 is 0 Å². The van der Waals surface area contributed by atoms with Crippen LogP contribution in [0.5, 0.6) is 0 Å². The third-order valence-corrected chi connectivity index (χ3v) is 5.74. The van der Waals surface area contributed by atoms with E-state index in [1.165, 1.54) is 18.4 Å². The van der Waals surface area contributed by atoms with Crippen LogP contribution in [0, 0.1) is 6.92 Å². The first-order valence-electron chi connectivity index (χ1n) is 11.5. The summed E-state index contributed by atoms with van der Waals surface area (Å²) in [6, 6.07) is 12.4. The average Bonchev–Trinajstić information content (AvgIpc) is 3.58. The molecule has 1 aliphatic heterocycles. The van der Waals surface area contributed by atoms with Crippen LogP contribution in [-0.2, 0) is 6.42 Å². The first-order valence-corrected chi connectivity index (χ1v) is 11.5. The summed E-state index contributed by atoms with van der Waals surface area (Å²) in [6.07, 6.45) is 6.71. The van der Waals surface area contributed by atoms with Crippen LogP contribution in [0.25, 0.3) is 11.5 Å². The number of rotatable bonds is 9. The molecule has 1 fully saturated rings. The van der Waals surface area contributed by atoms with E-state index in [0.29, 0.717) is 12.4 Å². The summed E-state index contributed by atoms with van der Waals surface area (Å²) in [5.41, 5.74) is 3.14. The number of furan rings is 1. The number of hydrogen-bond donors (Lipinski definition) is 2. The largest absolute Gasteiger partial charge is 0.468 e. The van der Waals surface area contributed by atoms with Gasteiger partial charge in [0.05, 0.1) is 24.5 Å². The van der Waals surface area contributed by atoms with Gasteiger partial charge < -0.3 is 19.5 Å². The number of nitrogens with zero attached hydrogens (tertiary/aromatic N) is 3. The molecule has 4 rings (SSSR count). The standard InChI is InChI=1S/C25H33N5O2/c1-3-26-25(28-17-22(23-7-6-16-31-23)30-14-4-5-15-30)27-13-12-21-18-32-24(29-21)20-10-8-19(2)9-11-20/h6-11,16,18,22H,3-5,12-15,17H2,1-2H3,(H2,26,27,28). The molecule has 1 aromatic carbocycles. The SMILES string of the molecule is CCNC(=NCC(c1ccco1)N1CCCC1)NCCc1coc(-c2ccc(C)cc2)n1. The quantitative estimate of drug-likeness (QED) is 0.388. The highest BCUT2D eigenvalue weighted by atomic mass is 16.3. The molecule has 0 aliphatic carbocycles. The highest BCUT2D eigenvalue weighted by Gasteiger charge is 2.25. The van der Waals surface area contributed by atoms with E-state index in [1.807, 2.05) is 18.2 Å². The smallest absolute Gasteiger partial charge is 0.226 e. The van der Waals surface area contributed by atoms with Crippen LogP contribution < -0.4 is 10.6 Å². The topological polar surface area (TPSA) is 78.8 Å². The van der Waals surface area contributed by atoms with Gasteiger partial charge in [-0.05, 0) is 64.0 Å². The highest BCUT2D eigenvalue weighted by Crippen LogP contribution is 2.25. The number of aryl methyl sites for hydroxylation is 1. The number of aliphatic imine (C=N–C) groups is 1. The maximum absolute atomic E-state index is 5.71. The second kappa shape index (κ2) is 11.0. The lowest BCUT2D eigenvalue weighted by molar-refractivity contribution is 0.221. The Morgan fingerprint density at radius 1 is 1.12 bits per heavy atom. The molecule has 32 heavy (non-hydrogen) atoms. The Bertz CT molecular complexity index is 972. The van der Waals surface area contributed by atoms with Crippen molar-refractivity contribution in [1.82, 2.24) is 20.5 Å². The van der Waals surface area contributed by atoms with Gasteiger partial charge in [0.25, 0.3) is 0 Å². The zero-order chi connectivity index (χ0) is 22.2. The fourth-order valence-electron chi connectivity index (χ4n) is 4.00. The van der Waals surface area contributed by atoms with Gasteiger partial charge in [-0.1, -0.05) is 17.7 Å². The van der Waals surface area contributed by atoms with E-state index in [9.17, 15) is 0 Å². The first kappa shape index (κ1) is 22.1. The van der Waals surface area contributed by atoms with Crippen molar-refractivity contribution in [1.29, 1.82) is 0 Å². The van der Waals surface area contributed by atoms with E-state index in [4.69, 9.17) is 13.8 Å². The second-order valence-corrected chi connectivity index (χ2v) is 8.18. The third kappa shape index (κ3) is 5.79. The molecule has 2 N–H and O–H groups in total. The summed E-state index contributed by atoms with van der Waals surface area (Å²) in [5, 5.41) is 6.77. The van der Waals surface area contributed by atoms with Crippen LogP contribution in [0.3, 0.4) is 0 Å². The molecular formula is C25H33N5O2. The van der Waals surface area contributed by atoms with Crippen LogP contribution in [0.1, 0.15) is 42.8 Å². The van der Waals surface area contributed by atoms with Crippen LogP contribution in [0.4, 0.5) is 0 Å². The summed E-state index contributed by atoms with van der Waals surface area (Å²) >= 11 is 0. The van der Waals surface area contributed by atoms with Crippen molar-refractivity contribution in [3.05, 3.63) is 65.9 Å². The molecule has 3 heterocycles. The predicted molar refractivity (Wildman–Crippen MR) is 127 cm³/mol. The zero-order valence-electron chi connectivity index (χ0n) is 19.0. The van der Waals surface area contributed by atoms with Crippen molar-refractivity contribution < 1.29 is 8.83 Å². The summed E-state index contributed by atoms with van der Waals surface area (Å²) in [6.45, 7) is 8.53. The average molecular weight is 436 g/mol. The molecule has 0 saturated carbocycles. The minimum atomic E-state index is 0.176.